The van der Waals surface area contributed by atoms with Crippen molar-refractivity contribution in [2.75, 3.05) is 26.7 Å². The molecule has 0 spiro atoms. The molecule has 2 N–H and O–H groups in total. The molecule has 6 nitrogen and oxygen atoms in total. The smallest absolute Gasteiger partial charge is 0.253 e. The third kappa shape index (κ3) is 4.10. The van der Waals surface area contributed by atoms with Crippen LogP contribution in [0.4, 0.5) is 0 Å². The Morgan fingerprint density at radius 2 is 1.88 bits per heavy atom. The Morgan fingerprint density at radius 1 is 1.31 bits per heavy atom. The highest BCUT2D eigenvalue weighted by molar-refractivity contribution is 7.89. The quantitative estimate of drug-likeness (QED) is 0.847. The van der Waals surface area contributed by atoms with E-state index in [2.05, 4.69) is 6.92 Å². The second kappa shape index (κ2) is 8.06. The highest BCUT2D eigenvalue weighted by atomic mass is 32.2. The van der Waals surface area contributed by atoms with Crippen molar-refractivity contribution in [1.82, 2.24) is 9.21 Å². The van der Waals surface area contributed by atoms with E-state index < -0.39 is 10.0 Å². The van der Waals surface area contributed by atoms with Gasteiger partial charge < -0.3 is 10.6 Å². The van der Waals surface area contributed by atoms with Crippen LogP contribution >= 0.6 is 0 Å². The molecule has 1 atom stereocenters. The first kappa shape index (κ1) is 20.9. The highest BCUT2D eigenvalue weighted by Gasteiger charge is 2.31. The Bertz CT molecular complexity index is 768. The van der Waals surface area contributed by atoms with Gasteiger partial charge in [-0.05, 0) is 62.8 Å². The lowest BCUT2D eigenvalue weighted by atomic mass is 10.0. The first-order valence-corrected chi connectivity index (χ1v) is 10.6. The molecule has 0 aromatic heterocycles. The fourth-order valence-corrected chi connectivity index (χ4v) is 4.94. The van der Waals surface area contributed by atoms with Gasteiger partial charge in [0.2, 0.25) is 10.0 Å². The normalized spacial score (nSPS) is 17.9. The zero-order chi connectivity index (χ0) is 19.6. The SMILES string of the molecule is Cc1cc(C(=O)N(C)C(C)CN)cc(S(=O)(=O)N2CCC(C)CC2)c1C. The van der Waals surface area contributed by atoms with Gasteiger partial charge in [0.1, 0.15) is 0 Å². The summed E-state index contributed by atoms with van der Waals surface area (Å²) in [4.78, 5) is 14.6. The molecule has 1 saturated heterocycles. The van der Waals surface area contributed by atoms with E-state index in [-0.39, 0.29) is 16.8 Å². The Hall–Kier alpha value is -1.44. The van der Waals surface area contributed by atoms with Gasteiger partial charge in [0.15, 0.2) is 0 Å². The molecule has 1 unspecified atom stereocenters. The summed E-state index contributed by atoms with van der Waals surface area (Å²) in [5, 5.41) is 0. The van der Waals surface area contributed by atoms with Gasteiger partial charge in [-0.1, -0.05) is 6.92 Å². The molecule has 1 aliphatic rings. The lowest BCUT2D eigenvalue weighted by Crippen LogP contribution is -2.40. The number of nitrogens with zero attached hydrogens (tertiary/aromatic N) is 2. The number of nitrogens with two attached hydrogens (primary N) is 1. The average molecular weight is 382 g/mol. The Labute approximate surface area is 157 Å². The van der Waals surface area contributed by atoms with E-state index in [1.165, 1.54) is 6.07 Å². The van der Waals surface area contributed by atoms with Gasteiger partial charge in [0.25, 0.3) is 5.91 Å². The number of benzene rings is 1. The van der Waals surface area contributed by atoms with E-state index in [1.54, 1.807) is 29.2 Å². The molecule has 7 heteroatoms. The maximum Gasteiger partial charge on any atom is 0.253 e. The second-order valence-corrected chi connectivity index (χ2v) is 9.41. The van der Waals surface area contributed by atoms with Gasteiger partial charge in [-0.15, -0.1) is 0 Å². The van der Waals surface area contributed by atoms with Crippen molar-refractivity contribution < 1.29 is 13.2 Å². The lowest BCUT2D eigenvalue weighted by molar-refractivity contribution is 0.0748. The van der Waals surface area contributed by atoms with Crippen LogP contribution in [0.2, 0.25) is 0 Å². The van der Waals surface area contributed by atoms with Crippen molar-refractivity contribution >= 4 is 15.9 Å². The van der Waals surface area contributed by atoms with E-state index in [0.29, 0.717) is 36.7 Å². The van der Waals surface area contributed by atoms with Crippen LogP contribution in [-0.4, -0.2) is 56.3 Å². The number of aryl methyl sites for hydroxylation is 1. The Morgan fingerprint density at radius 3 is 2.42 bits per heavy atom. The number of piperidine rings is 1. The summed E-state index contributed by atoms with van der Waals surface area (Å²) < 4.78 is 27.9. The molecule has 1 heterocycles. The van der Waals surface area contributed by atoms with Gasteiger partial charge in [-0.3, -0.25) is 4.79 Å². The topological polar surface area (TPSA) is 83.7 Å². The minimum absolute atomic E-state index is 0.118. The summed E-state index contributed by atoms with van der Waals surface area (Å²) >= 11 is 0. The van der Waals surface area contributed by atoms with E-state index >= 15 is 0 Å². The standard InChI is InChI=1S/C19H31N3O3S/c1-13-6-8-22(9-7-13)26(24,25)18-11-17(10-14(2)16(18)4)19(23)21(5)15(3)12-20/h10-11,13,15H,6-9,12,20H2,1-5H3. The van der Waals surface area contributed by atoms with Crippen molar-refractivity contribution in [2.45, 2.75) is 51.5 Å². The molecule has 0 aliphatic carbocycles. The summed E-state index contributed by atoms with van der Waals surface area (Å²) in [7, 11) is -1.92. The highest BCUT2D eigenvalue weighted by Crippen LogP contribution is 2.28. The molecule has 0 saturated carbocycles. The lowest BCUT2D eigenvalue weighted by Gasteiger charge is -2.30. The van der Waals surface area contributed by atoms with E-state index in [9.17, 15) is 13.2 Å². The van der Waals surface area contributed by atoms with Crippen LogP contribution in [0.3, 0.4) is 0 Å². The van der Waals surface area contributed by atoms with E-state index in [4.69, 9.17) is 5.73 Å². The Balaban J connectivity index is 2.43. The molecule has 146 valence electrons. The van der Waals surface area contributed by atoms with Gasteiger partial charge in [0, 0.05) is 38.3 Å². The summed E-state index contributed by atoms with van der Waals surface area (Å²) in [6.45, 7) is 9.07. The molecule has 1 aromatic rings. The average Bonchev–Trinajstić information content (AvgIpc) is 2.62. The number of amides is 1. The molecule has 1 aromatic carbocycles. The molecule has 2 rings (SSSR count). The van der Waals surface area contributed by atoms with Gasteiger partial charge in [-0.25, -0.2) is 8.42 Å². The molecule has 0 radical (unpaired) electrons. The van der Waals surface area contributed by atoms with Crippen LogP contribution in [0.5, 0.6) is 0 Å². The summed E-state index contributed by atoms with van der Waals surface area (Å²) in [5.41, 5.74) is 7.55. The van der Waals surface area contributed by atoms with Crippen molar-refractivity contribution in [3.8, 4) is 0 Å². The maximum absolute atomic E-state index is 13.2. The number of rotatable bonds is 5. The molecule has 1 fully saturated rings. The van der Waals surface area contributed by atoms with E-state index in [1.807, 2.05) is 13.8 Å². The fraction of sp³-hybridized carbons (Fsp3) is 0.632. The number of likely N-dealkylation sites (N-methyl/N-ethyl adjacent to an activating group) is 1. The van der Waals surface area contributed by atoms with Crippen LogP contribution in [0, 0.1) is 19.8 Å². The fourth-order valence-electron chi connectivity index (χ4n) is 3.14. The van der Waals surface area contributed by atoms with Crippen molar-refractivity contribution in [1.29, 1.82) is 0 Å². The zero-order valence-electron chi connectivity index (χ0n) is 16.4. The van der Waals surface area contributed by atoms with Crippen LogP contribution in [0.25, 0.3) is 0 Å². The second-order valence-electron chi connectivity index (χ2n) is 7.50. The minimum atomic E-state index is -3.61. The van der Waals surface area contributed by atoms with Crippen LogP contribution in [-0.2, 0) is 10.0 Å². The summed E-state index contributed by atoms with van der Waals surface area (Å²) in [6.07, 6.45) is 1.74. The summed E-state index contributed by atoms with van der Waals surface area (Å²) in [5.74, 6) is 0.332. The molecule has 1 aliphatic heterocycles. The third-order valence-corrected chi connectivity index (χ3v) is 7.57. The first-order chi connectivity index (χ1) is 12.1. The molecular weight excluding hydrogens is 350 g/mol. The van der Waals surface area contributed by atoms with Gasteiger partial charge >= 0.3 is 0 Å². The van der Waals surface area contributed by atoms with Crippen molar-refractivity contribution in [2.24, 2.45) is 11.7 Å². The predicted octanol–water partition coefficient (Wildman–Crippen LogP) is 2.14. The number of hydrogen-bond donors (Lipinski definition) is 1. The van der Waals surface area contributed by atoms with Crippen LogP contribution in [0.1, 0.15) is 48.2 Å². The van der Waals surface area contributed by atoms with Gasteiger partial charge in [-0.2, -0.15) is 4.31 Å². The predicted molar refractivity (Wildman–Crippen MR) is 104 cm³/mol. The molecular formula is C19H31N3O3S. The van der Waals surface area contributed by atoms with E-state index in [0.717, 1.165) is 18.4 Å². The monoisotopic (exact) mass is 381 g/mol. The molecule has 26 heavy (non-hydrogen) atoms. The number of carbonyl (C=O) groups is 1. The number of sulfonamides is 1. The largest absolute Gasteiger partial charge is 0.338 e. The number of hydrogen-bond acceptors (Lipinski definition) is 4. The molecule has 0 bridgehead atoms. The Kier molecular flexibility index (Phi) is 6.47. The van der Waals surface area contributed by atoms with Crippen LogP contribution in [0.15, 0.2) is 17.0 Å². The summed E-state index contributed by atoms with van der Waals surface area (Å²) in [6, 6.07) is 3.17. The van der Waals surface area contributed by atoms with Crippen LogP contribution < -0.4 is 5.73 Å². The minimum Gasteiger partial charge on any atom is -0.338 e. The first-order valence-electron chi connectivity index (χ1n) is 9.18. The number of carbonyl (C=O) groups excluding carboxylic acids is 1. The third-order valence-electron chi connectivity index (χ3n) is 5.55. The zero-order valence-corrected chi connectivity index (χ0v) is 17.3. The maximum atomic E-state index is 13.2. The van der Waals surface area contributed by atoms with Gasteiger partial charge in [0.05, 0.1) is 4.90 Å². The van der Waals surface area contributed by atoms with Crippen molar-refractivity contribution in [3.05, 3.63) is 28.8 Å². The van der Waals surface area contributed by atoms with Crippen molar-refractivity contribution in [3.63, 3.8) is 0 Å². The molecule has 1 amide bonds.